The van der Waals surface area contributed by atoms with E-state index in [2.05, 4.69) is 29.2 Å². The molecular weight excluding hydrogens is 421 g/mol. The maximum Gasteiger partial charge on any atom is 0.0642 e. The third-order valence-electron chi connectivity index (χ3n) is 11.4. The van der Waals surface area contributed by atoms with Crippen LogP contribution in [0.25, 0.3) is 0 Å². The molecule has 0 aromatic heterocycles. The summed E-state index contributed by atoms with van der Waals surface area (Å²) in [7, 11) is -0.0770. The second-order valence-corrected chi connectivity index (χ2v) is 16.8. The van der Waals surface area contributed by atoms with E-state index >= 15 is 0 Å². The molecule has 0 unspecified atom stereocenters. The minimum absolute atomic E-state index is 0.0770. The van der Waals surface area contributed by atoms with Gasteiger partial charge in [0.1, 0.15) is 0 Å². The molecular formula is C30H42NOP. The molecule has 8 saturated carbocycles. The summed E-state index contributed by atoms with van der Waals surface area (Å²) in [6.07, 6.45) is 19.1. The number of hydrogen-bond donors (Lipinski definition) is 0. The zero-order valence-electron chi connectivity index (χ0n) is 20.4. The number of ether oxygens (including phenoxy) is 1. The summed E-state index contributed by atoms with van der Waals surface area (Å²) >= 11 is 0. The fraction of sp³-hybridized carbons (Fsp3) is 0.800. The van der Waals surface area contributed by atoms with E-state index in [1.54, 1.807) is 77.0 Å². The Morgan fingerprint density at radius 1 is 0.606 bits per heavy atom. The second-order valence-electron chi connectivity index (χ2n) is 13.7. The SMILES string of the molecule is c1cc(P(C23CC4CC(CC(C4)C2)C3)C23CC4CC(CC(C4)C2)C3)ccc1N1CCOCC1. The molecule has 0 amide bonds. The summed E-state index contributed by atoms with van der Waals surface area (Å²) in [4.78, 5) is 2.55. The molecule has 2 nitrogen and oxygen atoms in total. The molecule has 1 aromatic rings. The van der Waals surface area contributed by atoms with Crippen LogP contribution in [0.1, 0.15) is 77.0 Å². The molecule has 0 spiro atoms. The Morgan fingerprint density at radius 3 is 1.39 bits per heavy atom. The molecule has 8 bridgehead atoms. The van der Waals surface area contributed by atoms with Crippen molar-refractivity contribution >= 4 is 18.9 Å². The summed E-state index contributed by atoms with van der Waals surface area (Å²) < 4.78 is 5.62. The topological polar surface area (TPSA) is 12.5 Å². The number of rotatable bonds is 4. The Labute approximate surface area is 202 Å². The van der Waals surface area contributed by atoms with Gasteiger partial charge in [-0.1, -0.05) is 20.1 Å². The van der Waals surface area contributed by atoms with Crippen molar-refractivity contribution < 1.29 is 4.74 Å². The van der Waals surface area contributed by atoms with Gasteiger partial charge in [-0.3, -0.25) is 0 Å². The van der Waals surface area contributed by atoms with Crippen LogP contribution in [0.4, 0.5) is 5.69 Å². The van der Waals surface area contributed by atoms with E-state index < -0.39 is 0 Å². The predicted molar refractivity (Wildman–Crippen MR) is 138 cm³/mol. The third kappa shape index (κ3) is 3.25. The van der Waals surface area contributed by atoms with Crippen LogP contribution in [-0.4, -0.2) is 36.6 Å². The van der Waals surface area contributed by atoms with Crippen molar-refractivity contribution in [3.63, 3.8) is 0 Å². The molecule has 1 aliphatic heterocycles. The fourth-order valence-electron chi connectivity index (χ4n) is 11.4. The summed E-state index contributed by atoms with van der Waals surface area (Å²) in [6.45, 7) is 3.88. The smallest absolute Gasteiger partial charge is 0.0642 e. The highest BCUT2D eigenvalue weighted by Gasteiger charge is 2.63. The van der Waals surface area contributed by atoms with Gasteiger partial charge in [0, 0.05) is 18.8 Å². The van der Waals surface area contributed by atoms with Crippen molar-refractivity contribution in [2.24, 2.45) is 35.5 Å². The largest absolute Gasteiger partial charge is 0.378 e. The van der Waals surface area contributed by atoms with Crippen LogP contribution in [0.2, 0.25) is 0 Å². The molecule has 1 saturated heterocycles. The Morgan fingerprint density at radius 2 is 1.00 bits per heavy atom. The van der Waals surface area contributed by atoms with Crippen molar-refractivity contribution in [1.29, 1.82) is 0 Å². The molecule has 178 valence electrons. The van der Waals surface area contributed by atoms with Crippen molar-refractivity contribution in [3.8, 4) is 0 Å². The predicted octanol–water partition coefficient (Wildman–Crippen LogP) is 6.57. The lowest BCUT2D eigenvalue weighted by Gasteiger charge is -2.67. The van der Waals surface area contributed by atoms with E-state index in [9.17, 15) is 0 Å². The Hall–Kier alpha value is -0.590. The zero-order valence-corrected chi connectivity index (χ0v) is 21.3. The van der Waals surface area contributed by atoms with Crippen LogP contribution in [0.15, 0.2) is 24.3 Å². The lowest BCUT2D eigenvalue weighted by molar-refractivity contribution is 0.0195. The van der Waals surface area contributed by atoms with Gasteiger partial charge in [0.15, 0.2) is 0 Å². The average molecular weight is 464 g/mol. The van der Waals surface area contributed by atoms with Gasteiger partial charge < -0.3 is 9.64 Å². The monoisotopic (exact) mass is 463 g/mol. The summed E-state index contributed by atoms with van der Waals surface area (Å²) in [5.74, 6) is 6.43. The number of benzene rings is 1. The van der Waals surface area contributed by atoms with Gasteiger partial charge in [0.2, 0.25) is 0 Å². The maximum absolute atomic E-state index is 5.62. The van der Waals surface area contributed by atoms with Gasteiger partial charge in [0.25, 0.3) is 0 Å². The molecule has 1 aromatic carbocycles. The standard InChI is InChI=1S/C30H42NOP/c1-3-28(4-2-27(1)31-5-7-32-8-6-31)33(29-15-21-9-22(16-29)11-23(10-21)17-29)30-18-24-12-25(19-30)14-26(13-24)20-30/h1-4,21-26H,5-20H2. The van der Waals surface area contributed by atoms with Gasteiger partial charge in [0.05, 0.1) is 13.2 Å². The number of hydrogen-bond acceptors (Lipinski definition) is 2. The van der Waals surface area contributed by atoms with E-state index in [-0.39, 0.29) is 7.92 Å². The first-order chi connectivity index (χ1) is 16.2. The first-order valence-corrected chi connectivity index (χ1v) is 15.7. The van der Waals surface area contributed by atoms with Crippen molar-refractivity contribution in [1.82, 2.24) is 0 Å². The normalized spacial score (nSPS) is 48.4. The molecule has 8 aliphatic carbocycles. The molecule has 0 atom stereocenters. The highest BCUT2D eigenvalue weighted by atomic mass is 31.1. The van der Waals surface area contributed by atoms with Crippen LogP contribution in [-0.2, 0) is 4.74 Å². The van der Waals surface area contributed by atoms with Gasteiger partial charge in [-0.2, -0.15) is 0 Å². The number of anilines is 1. The van der Waals surface area contributed by atoms with Crippen LogP contribution >= 0.6 is 7.92 Å². The Kier molecular flexibility index (Phi) is 4.65. The van der Waals surface area contributed by atoms with Crippen molar-refractivity contribution in [2.45, 2.75) is 87.4 Å². The summed E-state index contributed by atoms with van der Waals surface area (Å²) in [5, 5.41) is 3.19. The van der Waals surface area contributed by atoms with Gasteiger partial charge in [-0.15, -0.1) is 0 Å². The lowest BCUT2D eigenvalue weighted by atomic mass is 9.55. The minimum Gasteiger partial charge on any atom is -0.378 e. The van der Waals surface area contributed by atoms with E-state index in [4.69, 9.17) is 4.74 Å². The van der Waals surface area contributed by atoms with E-state index in [1.807, 2.05) is 5.30 Å². The fourth-order valence-corrected chi connectivity index (χ4v) is 16.6. The van der Waals surface area contributed by atoms with Crippen molar-refractivity contribution in [2.75, 3.05) is 31.2 Å². The zero-order chi connectivity index (χ0) is 21.6. The average Bonchev–Trinajstić information content (AvgIpc) is 2.78. The number of morpholine rings is 1. The third-order valence-corrected chi connectivity index (χ3v) is 15.3. The quantitative estimate of drug-likeness (QED) is 0.468. The van der Waals surface area contributed by atoms with E-state index in [0.717, 1.165) is 61.8 Å². The molecule has 33 heavy (non-hydrogen) atoms. The highest BCUT2D eigenvalue weighted by Crippen LogP contribution is 2.78. The van der Waals surface area contributed by atoms with Crippen LogP contribution in [0.5, 0.6) is 0 Å². The van der Waals surface area contributed by atoms with Gasteiger partial charge in [-0.25, -0.2) is 0 Å². The molecule has 9 aliphatic rings. The first-order valence-electron chi connectivity index (χ1n) is 14.4. The summed E-state index contributed by atoms with van der Waals surface area (Å²) in [6, 6.07) is 10.3. The van der Waals surface area contributed by atoms with Gasteiger partial charge in [-0.05, 0) is 140 Å². The molecule has 3 heteroatoms. The molecule has 1 heterocycles. The maximum atomic E-state index is 5.62. The van der Waals surface area contributed by atoms with Crippen molar-refractivity contribution in [3.05, 3.63) is 24.3 Å². The highest BCUT2D eigenvalue weighted by molar-refractivity contribution is 7.68. The Bertz CT molecular complexity index is 788. The van der Waals surface area contributed by atoms with Gasteiger partial charge >= 0.3 is 0 Å². The van der Waals surface area contributed by atoms with E-state index in [0.29, 0.717) is 10.3 Å². The second kappa shape index (κ2) is 7.46. The number of nitrogens with zero attached hydrogens (tertiary/aromatic N) is 1. The molecule has 0 N–H and O–H groups in total. The van der Waals surface area contributed by atoms with E-state index in [1.165, 1.54) is 5.69 Å². The molecule has 0 radical (unpaired) electrons. The van der Waals surface area contributed by atoms with Crippen LogP contribution < -0.4 is 10.2 Å². The minimum atomic E-state index is -0.0770. The Balaban J connectivity index is 1.20. The molecule has 9 fully saturated rings. The summed E-state index contributed by atoms with van der Waals surface area (Å²) in [5.41, 5.74) is 1.44. The lowest BCUT2D eigenvalue weighted by Crippen LogP contribution is -2.58. The molecule has 10 rings (SSSR count). The van der Waals surface area contributed by atoms with Crippen LogP contribution in [0.3, 0.4) is 0 Å². The first kappa shape index (κ1) is 20.6. The van der Waals surface area contributed by atoms with Crippen LogP contribution in [0, 0.1) is 35.5 Å².